The summed E-state index contributed by atoms with van der Waals surface area (Å²) < 4.78 is 1.93. The molecule has 1 heterocycles. The van der Waals surface area contributed by atoms with E-state index in [4.69, 9.17) is 10.4 Å². The topological polar surface area (TPSA) is 78.9 Å². The fourth-order valence-corrected chi connectivity index (χ4v) is 1.85. The van der Waals surface area contributed by atoms with Crippen molar-refractivity contribution in [1.29, 1.82) is 5.26 Å². The highest BCUT2D eigenvalue weighted by molar-refractivity contribution is 9.10. The van der Waals surface area contributed by atoms with Crippen molar-refractivity contribution in [2.75, 3.05) is 0 Å². The van der Waals surface area contributed by atoms with Gasteiger partial charge < -0.3 is 5.11 Å². The lowest BCUT2D eigenvalue weighted by atomic mass is 10.3. The van der Waals surface area contributed by atoms with Crippen molar-refractivity contribution in [3.8, 4) is 11.8 Å². The molecule has 5 nitrogen and oxygen atoms in total. The monoisotopic (exact) mass is 291 g/mol. The number of hydrogen-bond donors (Lipinski definition) is 1. The molecule has 2 rings (SSSR count). The van der Waals surface area contributed by atoms with Crippen LogP contribution >= 0.6 is 15.9 Å². The highest BCUT2D eigenvalue weighted by Crippen LogP contribution is 2.21. The predicted octanol–water partition coefficient (Wildman–Crippen LogP) is 2.20. The largest absolute Gasteiger partial charge is 0.477 e. The number of para-hydroxylation sites is 1. The van der Waals surface area contributed by atoms with Gasteiger partial charge in [0.1, 0.15) is 6.07 Å². The minimum absolute atomic E-state index is 0.0477. The van der Waals surface area contributed by atoms with Gasteiger partial charge in [-0.1, -0.05) is 12.1 Å². The fraction of sp³-hybridized carbons (Fsp3) is 0. The molecule has 1 N–H and O–H groups in total. The Balaban J connectivity index is 2.67. The molecule has 0 aliphatic carbocycles. The van der Waals surface area contributed by atoms with Gasteiger partial charge in [0.25, 0.3) is 0 Å². The fourth-order valence-electron chi connectivity index (χ4n) is 1.40. The number of aromatic nitrogens is 2. The van der Waals surface area contributed by atoms with Crippen LogP contribution in [0.1, 0.15) is 16.2 Å². The second-order valence-electron chi connectivity index (χ2n) is 3.19. The third-order valence-electron chi connectivity index (χ3n) is 2.12. The van der Waals surface area contributed by atoms with E-state index in [0.29, 0.717) is 10.2 Å². The van der Waals surface area contributed by atoms with E-state index in [-0.39, 0.29) is 11.4 Å². The zero-order valence-corrected chi connectivity index (χ0v) is 10.0. The number of carboxylic acid groups (broad SMARTS) is 1. The number of rotatable bonds is 2. The van der Waals surface area contributed by atoms with Crippen molar-refractivity contribution in [3.63, 3.8) is 0 Å². The van der Waals surface area contributed by atoms with Gasteiger partial charge in [-0.25, -0.2) is 9.48 Å². The molecular weight excluding hydrogens is 286 g/mol. The maximum atomic E-state index is 11.1. The minimum atomic E-state index is -1.13. The first-order valence-electron chi connectivity index (χ1n) is 4.62. The average molecular weight is 292 g/mol. The smallest absolute Gasteiger partial charge is 0.354 e. The van der Waals surface area contributed by atoms with Crippen LogP contribution in [0.15, 0.2) is 34.8 Å². The molecule has 0 saturated carbocycles. The number of benzene rings is 1. The van der Waals surface area contributed by atoms with Crippen LogP contribution in [0.2, 0.25) is 0 Å². The van der Waals surface area contributed by atoms with Crippen LogP contribution in [0, 0.1) is 11.3 Å². The molecule has 0 aliphatic heterocycles. The van der Waals surface area contributed by atoms with E-state index < -0.39 is 5.97 Å². The molecule has 0 unspecified atom stereocenters. The van der Waals surface area contributed by atoms with E-state index in [1.807, 2.05) is 12.1 Å². The number of carbonyl (C=O) groups is 1. The Labute approximate surface area is 105 Å². The predicted molar refractivity (Wildman–Crippen MR) is 62.9 cm³/mol. The number of carboxylic acids is 1. The molecule has 0 saturated heterocycles. The van der Waals surface area contributed by atoms with Crippen molar-refractivity contribution >= 4 is 21.9 Å². The third-order valence-corrected chi connectivity index (χ3v) is 2.79. The summed E-state index contributed by atoms with van der Waals surface area (Å²) in [6, 6.07) is 10.1. The number of nitrogens with zero attached hydrogens (tertiary/aromatic N) is 3. The van der Waals surface area contributed by atoms with Crippen molar-refractivity contribution < 1.29 is 9.90 Å². The number of aromatic carboxylic acids is 1. The van der Waals surface area contributed by atoms with E-state index in [2.05, 4.69) is 21.0 Å². The van der Waals surface area contributed by atoms with Crippen LogP contribution in [0.3, 0.4) is 0 Å². The van der Waals surface area contributed by atoms with Gasteiger partial charge in [0, 0.05) is 10.5 Å². The van der Waals surface area contributed by atoms with Crippen LogP contribution in [0.25, 0.3) is 5.69 Å². The maximum Gasteiger partial charge on any atom is 0.354 e. The molecule has 0 spiro atoms. The van der Waals surface area contributed by atoms with E-state index >= 15 is 0 Å². The van der Waals surface area contributed by atoms with E-state index in [1.165, 1.54) is 10.7 Å². The van der Waals surface area contributed by atoms with Gasteiger partial charge in [0.05, 0.1) is 5.69 Å². The van der Waals surface area contributed by atoms with Crippen molar-refractivity contribution in [3.05, 3.63) is 46.2 Å². The molecule has 17 heavy (non-hydrogen) atoms. The molecule has 6 heteroatoms. The second-order valence-corrected chi connectivity index (χ2v) is 4.05. The van der Waals surface area contributed by atoms with Crippen LogP contribution in [0.5, 0.6) is 0 Å². The Bertz CT molecular complexity index is 628. The van der Waals surface area contributed by atoms with Crippen molar-refractivity contribution in [1.82, 2.24) is 9.78 Å². The molecule has 0 atom stereocenters. The Kier molecular flexibility index (Phi) is 2.93. The first-order valence-corrected chi connectivity index (χ1v) is 5.41. The molecule has 84 valence electrons. The van der Waals surface area contributed by atoms with E-state index in [9.17, 15) is 4.79 Å². The summed E-state index contributed by atoms with van der Waals surface area (Å²) in [5.74, 6) is -1.13. The molecule has 1 aromatic heterocycles. The van der Waals surface area contributed by atoms with Crippen molar-refractivity contribution in [2.45, 2.75) is 0 Å². The summed E-state index contributed by atoms with van der Waals surface area (Å²) in [5.41, 5.74) is 0.595. The standard InChI is InChI=1S/C11H6BrN3O2/c12-8-3-1-2-4-9(8)15-10(11(16)17)5-7(6-13)14-15/h1-5H,(H,16,17). The minimum Gasteiger partial charge on any atom is -0.477 e. The Hall–Kier alpha value is -2.13. The molecule has 2 aromatic rings. The van der Waals surface area contributed by atoms with Gasteiger partial charge in [0.15, 0.2) is 11.4 Å². The maximum absolute atomic E-state index is 11.1. The van der Waals surface area contributed by atoms with Crippen LogP contribution in [-0.2, 0) is 0 Å². The number of nitriles is 1. The highest BCUT2D eigenvalue weighted by atomic mass is 79.9. The lowest BCUT2D eigenvalue weighted by Crippen LogP contribution is -2.08. The summed E-state index contributed by atoms with van der Waals surface area (Å²) in [7, 11) is 0. The summed E-state index contributed by atoms with van der Waals surface area (Å²) in [4.78, 5) is 11.1. The first-order chi connectivity index (χ1) is 8.13. The van der Waals surface area contributed by atoms with Crippen molar-refractivity contribution in [2.24, 2.45) is 0 Å². The lowest BCUT2D eigenvalue weighted by molar-refractivity contribution is 0.0687. The van der Waals surface area contributed by atoms with Gasteiger partial charge in [0.2, 0.25) is 0 Å². The molecule has 0 radical (unpaired) electrons. The van der Waals surface area contributed by atoms with Crippen LogP contribution in [-0.4, -0.2) is 20.9 Å². The zero-order chi connectivity index (χ0) is 12.4. The lowest BCUT2D eigenvalue weighted by Gasteiger charge is -2.05. The summed E-state index contributed by atoms with van der Waals surface area (Å²) >= 11 is 3.31. The molecule has 0 fully saturated rings. The number of halogens is 1. The highest BCUT2D eigenvalue weighted by Gasteiger charge is 2.16. The van der Waals surface area contributed by atoms with Crippen LogP contribution in [0.4, 0.5) is 0 Å². The molecular formula is C11H6BrN3O2. The first kappa shape index (κ1) is 11.4. The SMILES string of the molecule is N#Cc1cc(C(=O)O)n(-c2ccccc2Br)n1. The Morgan fingerprint density at radius 2 is 2.18 bits per heavy atom. The van der Waals surface area contributed by atoms with E-state index in [0.717, 1.165) is 0 Å². The molecule has 0 aliphatic rings. The summed E-state index contributed by atoms with van der Waals surface area (Å²) in [5, 5.41) is 21.7. The second kappa shape index (κ2) is 4.39. The average Bonchev–Trinajstić information content (AvgIpc) is 2.73. The van der Waals surface area contributed by atoms with Gasteiger partial charge in [-0.05, 0) is 28.1 Å². The molecule has 0 amide bonds. The van der Waals surface area contributed by atoms with Gasteiger partial charge >= 0.3 is 5.97 Å². The van der Waals surface area contributed by atoms with E-state index in [1.54, 1.807) is 18.2 Å². The zero-order valence-electron chi connectivity index (χ0n) is 8.46. The molecule has 1 aromatic carbocycles. The Morgan fingerprint density at radius 3 is 2.76 bits per heavy atom. The molecule has 0 bridgehead atoms. The van der Waals surface area contributed by atoms with Crippen LogP contribution < -0.4 is 0 Å². The summed E-state index contributed by atoms with van der Waals surface area (Å²) in [6.07, 6.45) is 0. The summed E-state index contributed by atoms with van der Waals surface area (Å²) in [6.45, 7) is 0. The van der Waals surface area contributed by atoms with Gasteiger partial charge in [-0.15, -0.1) is 0 Å². The number of hydrogen-bond acceptors (Lipinski definition) is 3. The van der Waals surface area contributed by atoms with Gasteiger partial charge in [-0.3, -0.25) is 0 Å². The third kappa shape index (κ3) is 2.05. The van der Waals surface area contributed by atoms with Gasteiger partial charge in [-0.2, -0.15) is 10.4 Å². The quantitative estimate of drug-likeness (QED) is 0.920. The normalized spacial score (nSPS) is 9.88. The Morgan fingerprint density at radius 1 is 1.47 bits per heavy atom.